The number of imidazole rings is 1. The molecule has 1 fully saturated rings. The second kappa shape index (κ2) is 5.95. The molecule has 2 atom stereocenters. The molecule has 0 radical (unpaired) electrons. The van der Waals surface area contributed by atoms with Crippen LogP contribution >= 0.6 is 11.6 Å². The number of halogens is 1. The van der Waals surface area contributed by atoms with Crippen molar-refractivity contribution in [3.05, 3.63) is 35.2 Å². The number of aliphatic hydroxyl groups is 1. The lowest BCUT2D eigenvalue weighted by molar-refractivity contribution is -0.0119. The van der Waals surface area contributed by atoms with Crippen LogP contribution in [0.5, 0.6) is 0 Å². The summed E-state index contributed by atoms with van der Waals surface area (Å²) in [5, 5.41) is 14.6. The van der Waals surface area contributed by atoms with Crippen molar-refractivity contribution < 1.29 is 5.11 Å². The van der Waals surface area contributed by atoms with Gasteiger partial charge in [-0.1, -0.05) is 31.4 Å². The van der Waals surface area contributed by atoms with Crippen LogP contribution in [0.25, 0.3) is 5.65 Å². The molecule has 0 spiro atoms. The van der Waals surface area contributed by atoms with Crippen LogP contribution in [0.1, 0.15) is 38.3 Å². The van der Waals surface area contributed by atoms with E-state index in [9.17, 15) is 5.11 Å². The lowest BCUT2D eigenvalue weighted by atomic mass is 9.79. The van der Waals surface area contributed by atoms with Gasteiger partial charge in [-0.2, -0.15) is 0 Å². The van der Waals surface area contributed by atoms with Crippen molar-refractivity contribution in [3.63, 3.8) is 0 Å². The van der Waals surface area contributed by atoms with E-state index in [2.05, 4.69) is 17.2 Å². The van der Waals surface area contributed by atoms with Gasteiger partial charge in [0.25, 0.3) is 0 Å². The van der Waals surface area contributed by atoms with Gasteiger partial charge in [0.1, 0.15) is 5.65 Å². The normalized spacial score (nSPS) is 26.3. The van der Waals surface area contributed by atoms with Crippen molar-refractivity contribution in [2.45, 2.75) is 44.8 Å². The molecule has 3 rings (SSSR count). The molecule has 1 saturated carbocycles. The van der Waals surface area contributed by atoms with Crippen LogP contribution in [0.4, 0.5) is 0 Å². The fourth-order valence-corrected chi connectivity index (χ4v) is 3.49. The van der Waals surface area contributed by atoms with E-state index in [4.69, 9.17) is 11.6 Å². The molecule has 0 bridgehead atoms. The Hall–Kier alpha value is -1.10. The molecule has 2 aromatic rings. The van der Waals surface area contributed by atoms with Crippen molar-refractivity contribution in [1.82, 2.24) is 14.7 Å². The van der Waals surface area contributed by atoms with E-state index in [1.165, 1.54) is 6.42 Å². The number of hydrogen-bond acceptors (Lipinski definition) is 3. The maximum absolute atomic E-state index is 10.6. The number of rotatable bonds is 4. The lowest BCUT2D eigenvalue weighted by Gasteiger charge is -2.35. The average molecular weight is 308 g/mol. The van der Waals surface area contributed by atoms with Crippen LogP contribution in [-0.4, -0.2) is 26.6 Å². The number of pyridine rings is 1. The third kappa shape index (κ3) is 3.57. The summed E-state index contributed by atoms with van der Waals surface area (Å²) in [4.78, 5) is 4.53. The Morgan fingerprint density at radius 1 is 1.48 bits per heavy atom. The lowest BCUT2D eigenvalue weighted by Crippen LogP contribution is -2.43. The standard InChI is InChI=1S/C16H22ClN3O/c1-12-3-2-6-16(21,7-12)11-18-8-14-10-20-9-13(17)4-5-15(20)19-14/h4-5,9-10,12,18,21H,2-3,6-8,11H2,1H3. The molecule has 2 unspecified atom stereocenters. The van der Waals surface area contributed by atoms with E-state index in [1.54, 1.807) is 0 Å². The zero-order valence-electron chi connectivity index (χ0n) is 12.3. The van der Waals surface area contributed by atoms with Crippen molar-refractivity contribution in [2.24, 2.45) is 5.92 Å². The summed E-state index contributed by atoms with van der Waals surface area (Å²) in [5.74, 6) is 0.614. The SMILES string of the molecule is CC1CCCC(O)(CNCc2cn3cc(Cl)ccc3n2)C1. The highest BCUT2D eigenvalue weighted by Crippen LogP contribution is 2.31. The molecule has 21 heavy (non-hydrogen) atoms. The number of nitrogens with one attached hydrogen (secondary N) is 1. The Labute approximate surface area is 130 Å². The Morgan fingerprint density at radius 2 is 2.33 bits per heavy atom. The number of fused-ring (bicyclic) bond motifs is 1. The predicted molar refractivity (Wildman–Crippen MR) is 84.5 cm³/mol. The Kier molecular flexibility index (Phi) is 4.20. The first-order chi connectivity index (χ1) is 10.0. The molecule has 4 nitrogen and oxygen atoms in total. The van der Waals surface area contributed by atoms with Gasteiger partial charge < -0.3 is 14.8 Å². The minimum Gasteiger partial charge on any atom is -0.389 e. The van der Waals surface area contributed by atoms with Crippen LogP contribution < -0.4 is 5.32 Å². The Bertz CT molecular complexity index is 627. The second-order valence-electron chi connectivity index (χ2n) is 6.37. The van der Waals surface area contributed by atoms with Gasteiger partial charge in [0.2, 0.25) is 0 Å². The molecular formula is C16H22ClN3O. The molecular weight excluding hydrogens is 286 g/mol. The summed E-state index contributed by atoms with van der Waals surface area (Å²) < 4.78 is 1.93. The summed E-state index contributed by atoms with van der Waals surface area (Å²) >= 11 is 5.97. The molecule has 0 aliphatic heterocycles. The van der Waals surface area contributed by atoms with Crippen molar-refractivity contribution in [2.75, 3.05) is 6.54 Å². The van der Waals surface area contributed by atoms with Crippen molar-refractivity contribution >= 4 is 17.2 Å². The van der Waals surface area contributed by atoms with E-state index < -0.39 is 5.60 Å². The minimum absolute atomic E-state index is 0.555. The van der Waals surface area contributed by atoms with Gasteiger partial charge in [0.05, 0.1) is 16.3 Å². The van der Waals surface area contributed by atoms with E-state index in [-0.39, 0.29) is 0 Å². The van der Waals surface area contributed by atoms with Gasteiger partial charge in [0, 0.05) is 25.5 Å². The summed E-state index contributed by atoms with van der Waals surface area (Å²) in [6, 6.07) is 3.75. The Morgan fingerprint density at radius 3 is 3.14 bits per heavy atom. The van der Waals surface area contributed by atoms with Gasteiger partial charge in [-0.3, -0.25) is 0 Å². The quantitative estimate of drug-likeness (QED) is 0.913. The monoisotopic (exact) mass is 307 g/mol. The van der Waals surface area contributed by atoms with Crippen LogP contribution in [0, 0.1) is 5.92 Å². The zero-order chi connectivity index (χ0) is 14.9. The van der Waals surface area contributed by atoms with E-state index in [0.717, 1.165) is 30.6 Å². The molecule has 0 aromatic carbocycles. The molecule has 5 heteroatoms. The number of nitrogens with zero attached hydrogens (tertiary/aromatic N) is 2. The maximum atomic E-state index is 10.6. The molecule has 2 N–H and O–H groups in total. The molecule has 2 heterocycles. The molecule has 1 aliphatic rings. The molecule has 0 saturated heterocycles. The highest BCUT2D eigenvalue weighted by molar-refractivity contribution is 6.30. The molecule has 114 valence electrons. The minimum atomic E-state index is -0.555. The third-order valence-corrected chi connectivity index (χ3v) is 4.52. The second-order valence-corrected chi connectivity index (χ2v) is 6.81. The summed E-state index contributed by atoms with van der Waals surface area (Å²) in [6.45, 7) is 3.51. The number of hydrogen-bond donors (Lipinski definition) is 2. The summed E-state index contributed by atoms with van der Waals surface area (Å²) in [5.41, 5.74) is 1.30. The topological polar surface area (TPSA) is 49.6 Å². The largest absolute Gasteiger partial charge is 0.389 e. The van der Waals surface area contributed by atoms with Gasteiger partial charge in [0.15, 0.2) is 0 Å². The average Bonchev–Trinajstić information content (AvgIpc) is 2.79. The van der Waals surface area contributed by atoms with Gasteiger partial charge in [-0.05, 0) is 30.9 Å². The fraction of sp³-hybridized carbons (Fsp3) is 0.562. The first-order valence-electron chi connectivity index (χ1n) is 7.60. The van der Waals surface area contributed by atoms with E-state index >= 15 is 0 Å². The van der Waals surface area contributed by atoms with Crippen molar-refractivity contribution in [1.29, 1.82) is 0 Å². The Balaban J connectivity index is 1.59. The fourth-order valence-electron chi connectivity index (χ4n) is 3.32. The molecule has 2 aromatic heterocycles. The zero-order valence-corrected chi connectivity index (χ0v) is 13.1. The smallest absolute Gasteiger partial charge is 0.137 e. The predicted octanol–water partition coefficient (Wildman–Crippen LogP) is 3.02. The van der Waals surface area contributed by atoms with E-state index in [0.29, 0.717) is 24.0 Å². The molecule has 0 amide bonds. The van der Waals surface area contributed by atoms with Crippen LogP contribution in [0.15, 0.2) is 24.5 Å². The summed E-state index contributed by atoms with van der Waals surface area (Å²) in [6.07, 6.45) is 7.96. The first kappa shape index (κ1) is 14.8. The molecule has 1 aliphatic carbocycles. The number of aromatic nitrogens is 2. The van der Waals surface area contributed by atoms with Gasteiger partial charge in [-0.15, -0.1) is 0 Å². The highest BCUT2D eigenvalue weighted by Gasteiger charge is 2.32. The van der Waals surface area contributed by atoms with E-state index in [1.807, 2.05) is 28.9 Å². The van der Waals surface area contributed by atoms with Crippen LogP contribution in [0.3, 0.4) is 0 Å². The van der Waals surface area contributed by atoms with Gasteiger partial charge >= 0.3 is 0 Å². The highest BCUT2D eigenvalue weighted by atomic mass is 35.5. The maximum Gasteiger partial charge on any atom is 0.137 e. The van der Waals surface area contributed by atoms with Crippen molar-refractivity contribution in [3.8, 4) is 0 Å². The van der Waals surface area contributed by atoms with Crippen LogP contribution in [0.2, 0.25) is 5.02 Å². The van der Waals surface area contributed by atoms with Gasteiger partial charge in [-0.25, -0.2) is 4.98 Å². The van der Waals surface area contributed by atoms with Crippen LogP contribution in [-0.2, 0) is 6.54 Å². The summed E-state index contributed by atoms with van der Waals surface area (Å²) in [7, 11) is 0. The first-order valence-corrected chi connectivity index (χ1v) is 7.98. The third-order valence-electron chi connectivity index (χ3n) is 4.29.